The molecule has 29 heavy (non-hydrogen) atoms. The van der Waals surface area contributed by atoms with Crippen LogP contribution in [0.2, 0.25) is 0 Å². The molecule has 1 heterocycles. The maximum absolute atomic E-state index is 13.3. The number of rotatable bonds is 8. The number of aromatic nitrogens is 2. The Kier molecular flexibility index (Phi) is 6.89. The molecule has 0 bridgehead atoms. The lowest BCUT2D eigenvalue weighted by Gasteiger charge is -2.18. The SMILES string of the molecule is CCC(Cc1cccc(C(C)Cc2cc(C(C)C)nn2C)c1)c1ccc(F)cc1. The summed E-state index contributed by atoms with van der Waals surface area (Å²) in [6.45, 7) is 8.86. The third-order valence-corrected chi connectivity index (χ3v) is 5.94. The largest absolute Gasteiger partial charge is 0.272 e. The van der Waals surface area contributed by atoms with Crippen LogP contribution in [-0.4, -0.2) is 9.78 Å². The minimum absolute atomic E-state index is 0.171. The molecule has 1 aromatic heterocycles. The molecule has 0 aliphatic carbocycles. The third-order valence-electron chi connectivity index (χ3n) is 5.94. The number of nitrogens with zero attached hydrogens (tertiary/aromatic N) is 2. The van der Waals surface area contributed by atoms with Crippen LogP contribution in [0, 0.1) is 5.82 Å². The summed E-state index contributed by atoms with van der Waals surface area (Å²) in [5.74, 6) is 1.12. The van der Waals surface area contributed by atoms with Gasteiger partial charge in [-0.05, 0) is 71.9 Å². The molecule has 0 aliphatic heterocycles. The highest BCUT2D eigenvalue weighted by molar-refractivity contribution is 5.30. The van der Waals surface area contributed by atoms with E-state index in [1.165, 1.54) is 22.4 Å². The fraction of sp³-hybridized carbons (Fsp3) is 0.423. The fourth-order valence-corrected chi connectivity index (χ4v) is 3.98. The van der Waals surface area contributed by atoms with Crippen LogP contribution in [0.15, 0.2) is 54.6 Å². The Morgan fingerprint density at radius 3 is 2.28 bits per heavy atom. The Bertz CT molecular complexity index is 924. The molecule has 3 heteroatoms. The molecule has 2 nitrogen and oxygen atoms in total. The summed E-state index contributed by atoms with van der Waals surface area (Å²) in [4.78, 5) is 0. The average molecular weight is 393 g/mol. The van der Waals surface area contributed by atoms with Gasteiger partial charge in [0.2, 0.25) is 0 Å². The van der Waals surface area contributed by atoms with Gasteiger partial charge in [-0.3, -0.25) is 4.68 Å². The summed E-state index contributed by atoms with van der Waals surface area (Å²) in [6.07, 6.45) is 3.00. The van der Waals surface area contributed by atoms with Crippen LogP contribution >= 0.6 is 0 Å². The fourth-order valence-electron chi connectivity index (χ4n) is 3.98. The highest BCUT2D eigenvalue weighted by Gasteiger charge is 2.15. The van der Waals surface area contributed by atoms with E-state index in [-0.39, 0.29) is 5.82 Å². The van der Waals surface area contributed by atoms with Crippen molar-refractivity contribution >= 4 is 0 Å². The van der Waals surface area contributed by atoms with E-state index in [1.54, 1.807) is 12.1 Å². The van der Waals surface area contributed by atoms with Crippen molar-refractivity contribution in [3.05, 3.63) is 88.5 Å². The van der Waals surface area contributed by atoms with Crippen molar-refractivity contribution in [2.75, 3.05) is 0 Å². The van der Waals surface area contributed by atoms with Crippen LogP contribution in [-0.2, 0) is 19.9 Å². The molecule has 0 amide bonds. The van der Waals surface area contributed by atoms with Crippen molar-refractivity contribution < 1.29 is 4.39 Å². The van der Waals surface area contributed by atoms with Gasteiger partial charge >= 0.3 is 0 Å². The summed E-state index contributed by atoms with van der Waals surface area (Å²) in [5.41, 5.74) is 6.36. The Morgan fingerprint density at radius 2 is 1.66 bits per heavy atom. The molecule has 3 rings (SSSR count). The number of benzene rings is 2. The monoisotopic (exact) mass is 392 g/mol. The maximum atomic E-state index is 13.3. The number of halogens is 1. The standard InChI is InChI=1S/C26H33FN2/c1-6-21(22-10-12-24(27)13-11-22)15-20-8-7-9-23(16-20)19(4)14-25-17-26(18(2)3)28-29(25)5/h7-13,16-19,21H,6,14-15H2,1-5H3. The number of hydrogen-bond acceptors (Lipinski definition) is 1. The van der Waals surface area contributed by atoms with E-state index in [0.29, 0.717) is 17.8 Å². The molecule has 0 radical (unpaired) electrons. The molecule has 0 N–H and O–H groups in total. The first-order chi connectivity index (χ1) is 13.9. The molecular weight excluding hydrogens is 359 g/mol. The molecule has 2 aromatic carbocycles. The molecule has 0 aliphatic rings. The summed E-state index contributed by atoms with van der Waals surface area (Å²) in [7, 11) is 2.04. The topological polar surface area (TPSA) is 17.8 Å². The van der Waals surface area contributed by atoms with Gasteiger partial charge in [0, 0.05) is 12.7 Å². The summed E-state index contributed by atoms with van der Waals surface area (Å²) in [5, 5.41) is 4.65. The van der Waals surface area contributed by atoms with Gasteiger partial charge in [0.15, 0.2) is 0 Å². The lowest BCUT2D eigenvalue weighted by atomic mass is 9.87. The lowest BCUT2D eigenvalue weighted by Crippen LogP contribution is -2.06. The van der Waals surface area contributed by atoms with Crippen LogP contribution in [0.3, 0.4) is 0 Å². The Balaban J connectivity index is 1.73. The Labute approximate surface area is 174 Å². The van der Waals surface area contributed by atoms with E-state index in [9.17, 15) is 4.39 Å². The van der Waals surface area contributed by atoms with E-state index in [1.807, 2.05) is 23.9 Å². The third kappa shape index (κ3) is 5.35. The van der Waals surface area contributed by atoms with Gasteiger partial charge in [-0.15, -0.1) is 0 Å². The van der Waals surface area contributed by atoms with Gasteiger partial charge < -0.3 is 0 Å². The minimum Gasteiger partial charge on any atom is -0.272 e. The van der Waals surface area contributed by atoms with Gasteiger partial charge in [-0.1, -0.05) is 64.1 Å². The first-order valence-corrected chi connectivity index (χ1v) is 10.7. The molecule has 2 unspecified atom stereocenters. The van der Waals surface area contributed by atoms with E-state index in [2.05, 4.69) is 63.1 Å². The van der Waals surface area contributed by atoms with E-state index >= 15 is 0 Å². The summed E-state index contributed by atoms with van der Waals surface area (Å²) >= 11 is 0. The first kappa shape index (κ1) is 21.3. The predicted octanol–water partition coefficient (Wildman–Crippen LogP) is 6.77. The molecule has 154 valence electrons. The molecule has 3 aromatic rings. The molecular formula is C26H33FN2. The summed E-state index contributed by atoms with van der Waals surface area (Å²) < 4.78 is 15.3. The van der Waals surface area contributed by atoms with E-state index < -0.39 is 0 Å². The summed E-state index contributed by atoms with van der Waals surface area (Å²) in [6, 6.07) is 18.2. The van der Waals surface area contributed by atoms with Crippen LogP contribution in [0.4, 0.5) is 4.39 Å². The quantitative estimate of drug-likeness (QED) is 0.414. The lowest BCUT2D eigenvalue weighted by molar-refractivity contribution is 0.619. The van der Waals surface area contributed by atoms with Crippen LogP contribution in [0.5, 0.6) is 0 Å². The molecule has 0 saturated carbocycles. The van der Waals surface area contributed by atoms with Crippen LogP contribution in [0.1, 0.15) is 79.9 Å². The van der Waals surface area contributed by atoms with Crippen molar-refractivity contribution in [1.82, 2.24) is 9.78 Å². The Morgan fingerprint density at radius 1 is 0.931 bits per heavy atom. The van der Waals surface area contributed by atoms with Gasteiger partial charge in [0.05, 0.1) is 5.69 Å². The van der Waals surface area contributed by atoms with Crippen molar-refractivity contribution in [1.29, 1.82) is 0 Å². The Hall–Kier alpha value is -2.42. The van der Waals surface area contributed by atoms with Crippen molar-refractivity contribution in [2.45, 2.75) is 64.7 Å². The second kappa shape index (κ2) is 9.39. The van der Waals surface area contributed by atoms with Crippen molar-refractivity contribution in [3.63, 3.8) is 0 Å². The van der Waals surface area contributed by atoms with Crippen molar-refractivity contribution in [2.24, 2.45) is 7.05 Å². The number of aryl methyl sites for hydroxylation is 1. The zero-order valence-electron chi connectivity index (χ0n) is 18.3. The minimum atomic E-state index is -0.171. The predicted molar refractivity (Wildman–Crippen MR) is 119 cm³/mol. The molecule has 0 fully saturated rings. The van der Waals surface area contributed by atoms with Gasteiger partial charge in [-0.25, -0.2) is 4.39 Å². The number of hydrogen-bond donors (Lipinski definition) is 0. The highest BCUT2D eigenvalue weighted by atomic mass is 19.1. The maximum Gasteiger partial charge on any atom is 0.123 e. The van der Waals surface area contributed by atoms with Gasteiger partial charge in [0.25, 0.3) is 0 Å². The molecule has 0 saturated heterocycles. The second-order valence-electron chi connectivity index (χ2n) is 8.55. The smallest absolute Gasteiger partial charge is 0.123 e. The van der Waals surface area contributed by atoms with Crippen LogP contribution in [0.25, 0.3) is 0 Å². The second-order valence-corrected chi connectivity index (χ2v) is 8.55. The molecule has 2 atom stereocenters. The molecule has 0 spiro atoms. The van der Waals surface area contributed by atoms with Gasteiger partial charge in [0.1, 0.15) is 5.82 Å². The van der Waals surface area contributed by atoms with Crippen molar-refractivity contribution in [3.8, 4) is 0 Å². The normalized spacial score (nSPS) is 13.6. The van der Waals surface area contributed by atoms with E-state index in [4.69, 9.17) is 0 Å². The first-order valence-electron chi connectivity index (χ1n) is 10.7. The average Bonchev–Trinajstić information content (AvgIpc) is 3.08. The van der Waals surface area contributed by atoms with E-state index in [0.717, 1.165) is 25.0 Å². The highest BCUT2D eigenvalue weighted by Crippen LogP contribution is 2.27. The zero-order chi connectivity index (χ0) is 21.0. The van der Waals surface area contributed by atoms with Gasteiger partial charge in [-0.2, -0.15) is 5.10 Å². The van der Waals surface area contributed by atoms with Crippen LogP contribution < -0.4 is 0 Å². The zero-order valence-corrected chi connectivity index (χ0v) is 18.3.